The first-order valence-corrected chi connectivity index (χ1v) is 8.16. The first-order valence-electron chi connectivity index (χ1n) is 8.16. The van der Waals surface area contributed by atoms with E-state index in [0.717, 1.165) is 32.5 Å². The van der Waals surface area contributed by atoms with Gasteiger partial charge < -0.3 is 15.3 Å². The van der Waals surface area contributed by atoms with Crippen LogP contribution in [-0.4, -0.2) is 48.2 Å². The van der Waals surface area contributed by atoms with E-state index < -0.39 is 0 Å². The van der Waals surface area contributed by atoms with Gasteiger partial charge in [-0.3, -0.25) is 4.79 Å². The fourth-order valence-corrected chi connectivity index (χ4v) is 4.62. The Morgan fingerprint density at radius 3 is 2.40 bits per heavy atom. The van der Waals surface area contributed by atoms with Crippen molar-refractivity contribution >= 4 is 5.91 Å². The van der Waals surface area contributed by atoms with Gasteiger partial charge in [0.2, 0.25) is 5.91 Å². The molecule has 2 saturated carbocycles. The van der Waals surface area contributed by atoms with Crippen LogP contribution in [0.4, 0.5) is 0 Å². The average Bonchev–Trinajstić information content (AvgIpc) is 2.36. The Labute approximate surface area is 121 Å². The summed E-state index contributed by atoms with van der Waals surface area (Å²) in [4.78, 5) is 13.2. The van der Waals surface area contributed by atoms with Gasteiger partial charge in [0.25, 0.3) is 0 Å². The summed E-state index contributed by atoms with van der Waals surface area (Å²) in [6.07, 6.45) is 8.68. The normalized spacial score (nSPS) is 28.0. The Bertz CT molecular complexity index is 363. The zero-order chi connectivity index (χ0) is 14.2. The van der Waals surface area contributed by atoms with Crippen molar-refractivity contribution in [2.75, 3.05) is 26.2 Å². The topological polar surface area (TPSA) is 52.6 Å². The standard InChI is InChI=1S/C16H28N2O2/c1-13(20)18-7-3-14(4-8-18)17-11-16(12-19)9-15(10-16)5-2-6-15/h14,17,19H,2-12H2,1H3. The molecular formula is C16H28N2O2. The third-order valence-corrected chi connectivity index (χ3v) is 5.96. The van der Waals surface area contributed by atoms with Gasteiger partial charge in [-0.1, -0.05) is 6.42 Å². The van der Waals surface area contributed by atoms with Crippen molar-refractivity contribution in [2.24, 2.45) is 10.8 Å². The average molecular weight is 280 g/mol. The number of hydrogen-bond acceptors (Lipinski definition) is 3. The molecule has 4 nitrogen and oxygen atoms in total. The maximum atomic E-state index is 11.3. The number of rotatable bonds is 4. The van der Waals surface area contributed by atoms with E-state index in [4.69, 9.17) is 0 Å². The maximum Gasteiger partial charge on any atom is 0.219 e. The van der Waals surface area contributed by atoms with Gasteiger partial charge in [-0.2, -0.15) is 0 Å². The minimum absolute atomic E-state index is 0.151. The Morgan fingerprint density at radius 2 is 1.95 bits per heavy atom. The van der Waals surface area contributed by atoms with Crippen LogP contribution in [0.15, 0.2) is 0 Å². The first kappa shape index (κ1) is 14.3. The van der Waals surface area contributed by atoms with Gasteiger partial charge >= 0.3 is 0 Å². The van der Waals surface area contributed by atoms with Crippen molar-refractivity contribution in [3.63, 3.8) is 0 Å². The molecule has 0 aromatic carbocycles. The lowest BCUT2D eigenvalue weighted by molar-refractivity contribution is -0.130. The number of nitrogens with one attached hydrogen (secondary N) is 1. The fraction of sp³-hybridized carbons (Fsp3) is 0.938. The van der Waals surface area contributed by atoms with E-state index in [1.165, 1.54) is 32.1 Å². The molecule has 0 radical (unpaired) electrons. The molecule has 3 rings (SSSR count). The third kappa shape index (κ3) is 2.60. The lowest BCUT2D eigenvalue weighted by Crippen LogP contribution is -2.58. The van der Waals surface area contributed by atoms with Crippen molar-refractivity contribution in [1.29, 1.82) is 0 Å². The maximum absolute atomic E-state index is 11.3. The van der Waals surface area contributed by atoms with Crippen molar-refractivity contribution in [3.8, 4) is 0 Å². The number of amides is 1. The lowest BCUT2D eigenvalue weighted by Gasteiger charge is -2.61. The predicted octanol–water partition coefficient (Wildman–Crippen LogP) is 1.53. The van der Waals surface area contributed by atoms with Gasteiger partial charge in [0.05, 0.1) is 0 Å². The minimum Gasteiger partial charge on any atom is -0.396 e. The molecule has 0 atom stereocenters. The second-order valence-electron chi connectivity index (χ2n) is 7.53. The van der Waals surface area contributed by atoms with Gasteiger partial charge in [0, 0.05) is 44.6 Å². The van der Waals surface area contributed by atoms with E-state index in [0.29, 0.717) is 18.1 Å². The highest BCUT2D eigenvalue weighted by Gasteiger charge is 2.56. The Kier molecular flexibility index (Phi) is 3.80. The zero-order valence-corrected chi connectivity index (χ0v) is 12.7. The molecule has 1 heterocycles. The highest BCUT2D eigenvalue weighted by Crippen LogP contribution is 2.64. The van der Waals surface area contributed by atoms with Crippen LogP contribution < -0.4 is 5.32 Å². The molecule has 2 N–H and O–H groups in total. The molecular weight excluding hydrogens is 252 g/mol. The number of carbonyl (C=O) groups is 1. The lowest BCUT2D eigenvalue weighted by atomic mass is 9.45. The van der Waals surface area contributed by atoms with Crippen molar-refractivity contribution in [2.45, 2.75) is 57.9 Å². The molecule has 0 aromatic rings. The molecule has 2 aliphatic carbocycles. The van der Waals surface area contributed by atoms with Gasteiger partial charge in [0.15, 0.2) is 0 Å². The van der Waals surface area contributed by atoms with Crippen LogP contribution in [-0.2, 0) is 4.79 Å². The predicted molar refractivity (Wildman–Crippen MR) is 78.3 cm³/mol. The van der Waals surface area contributed by atoms with Crippen molar-refractivity contribution in [1.82, 2.24) is 10.2 Å². The van der Waals surface area contributed by atoms with E-state index in [1.807, 2.05) is 4.90 Å². The summed E-state index contributed by atoms with van der Waals surface area (Å²) >= 11 is 0. The van der Waals surface area contributed by atoms with Crippen LogP contribution in [0.1, 0.15) is 51.9 Å². The number of hydrogen-bond donors (Lipinski definition) is 2. The van der Waals surface area contributed by atoms with Crippen molar-refractivity contribution < 1.29 is 9.90 Å². The Morgan fingerprint density at radius 1 is 1.30 bits per heavy atom. The summed E-state index contributed by atoms with van der Waals surface area (Å²) < 4.78 is 0. The SMILES string of the molecule is CC(=O)N1CCC(NCC2(CO)CC3(CCC3)C2)CC1. The van der Waals surface area contributed by atoms with Gasteiger partial charge in [-0.25, -0.2) is 0 Å². The molecule has 1 saturated heterocycles. The van der Waals surface area contributed by atoms with Crippen LogP contribution in [0.25, 0.3) is 0 Å². The third-order valence-electron chi connectivity index (χ3n) is 5.96. The number of likely N-dealkylation sites (tertiary alicyclic amines) is 1. The second-order valence-corrected chi connectivity index (χ2v) is 7.53. The minimum atomic E-state index is 0.151. The summed E-state index contributed by atoms with van der Waals surface area (Å²) in [6, 6.07) is 0.520. The van der Waals surface area contributed by atoms with Gasteiger partial charge in [0.1, 0.15) is 0 Å². The summed E-state index contributed by atoms with van der Waals surface area (Å²) in [5, 5.41) is 13.4. The van der Waals surface area contributed by atoms with E-state index in [1.54, 1.807) is 6.92 Å². The number of piperidine rings is 1. The molecule has 0 unspecified atom stereocenters. The molecule has 20 heavy (non-hydrogen) atoms. The van der Waals surface area contributed by atoms with Crippen LogP contribution in [0.2, 0.25) is 0 Å². The Hall–Kier alpha value is -0.610. The van der Waals surface area contributed by atoms with E-state index in [2.05, 4.69) is 5.32 Å². The molecule has 0 bridgehead atoms. The second kappa shape index (κ2) is 5.30. The summed E-state index contributed by atoms with van der Waals surface area (Å²) in [5.41, 5.74) is 0.764. The zero-order valence-electron chi connectivity index (χ0n) is 12.7. The van der Waals surface area contributed by atoms with Crippen molar-refractivity contribution in [3.05, 3.63) is 0 Å². The summed E-state index contributed by atoms with van der Waals surface area (Å²) in [6.45, 7) is 4.69. The molecule has 3 fully saturated rings. The highest BCUT2D eigenvalue weighted by atomic mass is 16.3. The molecule has 114 valence electrons. The first-order chi connectivity index (χ1) is 9.56. The quantitative estimate of drug-likeness (QED) is 0.821. The molecule has 3 aliphatic rings. The van der Waals surface area contributed by atoms with E-state index in [9.17, 15) is 9.90 Å². The molecule has 1 amide bonds. The largest absolute Gasteiger partial charge is 0.396 e. The number of carbonyl (C=O) groups excluding carboxylic acids is 1. The molecule has 4 heteroatoms. The molecule has 1 aliphatic heterocycles. The smallest absolute Gasteiger partial charge is 0.219 e. The van der Waals surface area contributed by atoms with Crippen LogP contribution in [0.5, 0.6) is 0 Å². The van der Waals surface area contributed by atoms with Gasteiger partial charge in [-0.15, -0.1) is 0 Å². The highest BCUT2D eigenvalue weighted by molar-refractivity contribution is 5.73. The number of aliphatic hydroxyl groups excluding tert-OH is 1. The number of nitrogens with zero attached hydrogens (tertiary/aromatic N) is 1. The van der Waals surface area contributed by atoms with Crippen LogP contribution in [0, 0.1) is 10.8 Å². The van der Waals surface area contributed by atoms with E-state index >= 15 is 0 Å². The molecule has 0 aromatic heterocycles. The fourth-order valence-electron chi connectivity index (χ4n) is 4.62. The molecule has 1 spiro atoms. The van der Waals surface area contributed by atoms with Crippen LogP contribution in [0.3, 0.4) is 0 Å². The number of aliphatic hydroxyl groups is 1. The Balaban J connectivity index is 1.42. The van der Waals surface area contributed by atoms with Crippen LogP contribution >= 0.6 is 0 Å². The summed E-state index contributed by atoms with van der Waals surface area (Å²) in [7, 11) is 0. The summed E-state index contributed by atoms with van der Waals surface area (Å²) in [5.74, 6) is 0.196. The monoisotopic (exact) mass is 280 g/mol. The van der Waals surface area contributed by atoms with Gasteiger partial charge in [-0.05, 0) is 43.9 Å². The van der Waals surface area contributed by atoms with E-state index in [-0.39, 0.29) is 11.3 Å².